The van der Waals surface area contributed by atoms with Gasteiger partial charge in [0.1, 0.15) is 11.9 Å². The highest BCUT2D eigenvalue weighted by molar-refractivity contribution is 5.80. The first-order valence-corrected chi connectivity index (χ1v) is 14.1. The van der Waals surface area contributed by atoms with Gasteiger partial charge in [-0.25, -0.2) is 9.18 Å². The number of likely N-dealkylation sites (tertiary alicyclic amines) is 2. The van der Waals surface area contributed by atoms with Gasteiger partial charge in [-0.1, -0.05) is 31.5 Å². The van der Waals surface area contributed by atoms with E-state index in [1.165, 1.54) is 18.6 Å². The molecule has 1 spiro atoms. The van der Waals surface area contributed by atoms with Gasteiger partial charge in [0, 0.05) is 39.1 Å². The molecule has 1 aromatic carbocycles. The van der Waals surface area contributed by atoms with Crippen LogP contribution < -0.4 is 0 Å². The number of piperidine rings is 2. The summed E-state index contributed by atoms with van der Waals surface area (Å²) in [7, 11) is 0. The van der Waals surface area contributed by atoms with Crippen molar-refractivity contribution < 1.29 is 18.7 Å². The summed E-state index contributed by atoms with van der Waals surface area (Å²) in [5, 5.41) is 0. The van der Waals surface area contributed by atoms with E-state index in [1.807, 2.05) is 16.7 Å². The van der Waals surface area contributed by atoms with Crippen molar-refractivity contribution in [1.82, 2.24) is 14.7 Å². The molecular weight excluding hydrogens is 457 g/mol. The minimum atomic E-state index is -0.344. The van der Waals surface area contributed by atoms with E-state index < -0.39 is 0 Å². The Labute approximate surface area is 217 Å². The second-order valence-corrected chi connectivity index (χ2v) is 10.8. The number of carbonyl (C=O) groups is 2. The first kappa shape index (κ1) is 28.4. The van der Waals surface area contributed by atoms with E-state index in [1.54, 1.807) is 12.1 Å². The highest BCUT2D eigenvalue weighted by atomic mass is 19.1. The average molecular weight is 504 g/mol. The van der Waals surface area contributed by atoms with Crippen molar-refractivity contribution in [1.29, 1.82) is 0 Å². The van der Waals surface area contributed by atoms with Gasteiger partial charge in [-0.05, 0) is 83.5 Å². The summed E-state index contributed by atoms with van der Waals surface area (Å²) in [6.07, 6.45) is 9.13. The molecule has 7 heteroatoms. The largest absolute Gasteiger partial charge is 0.462 e. The summed E-state index contributed by atoms with van der Waals surface area (Å²) in [6.45, 7) is 12.8. The molecule has 0 N–H and O–H groups in total. The van der Waals surface area contributed by atoms with Crippen LogP contribution in [-0.4, -0.2) is 78.6 Å². The van der Waals surface area contributed by atoms with Gasteiger partial charge < -0.3 is 19.4 Å². The summed E-state index contributed by atoms with van der Waals surface area (Å²) in [5.41, 5.74) is 0.746. The minimum Gasteiger partial charge on any atom is -0.462 e. The van der Waals surface area contributed by atoms with Crippen molar-refractivity contribution in [3.63, 3.8) is 0 Å². The lowest BCUT2D eigenvalue weighted by Gasteiger charge is -2.39. The maximum absolute atomic E-state index is 12.7. The molecule has 202 valence electrons. The molecule has 0 radical (unpaired) electrons. The molecule has 0 bridgehead atoms. The predicted octanol–water partition coefficient (Wildman–Crippen LogP) is 5.64. The molecule has 0 aromatic heterocycles. The van der Waals surface area contributed by atoms with Gasteiger partial charge in [0.05, 0.1) is 5.41 Å². The SMILES string of the molecule is CCCN(CCC)CCC1CC2(CCN(C(=O)N3CCCCC3)CC2)C(=O)O1.Cc1ccc(F)cc1. The summed E-state index contributed by atoms with van der Waals surface area (Å²) in [6, 6.07) is 6.57. The van der Waals surface area contributed by atoms with E-state index >= 15 is 0 Å². The van der Waals surface area contributed by atoms with Gasteiger partial charge in [0.2, 0.25) is 0 Å². The van der Waals surface area contributed by atoms with Crippen molar-refractivity contribution in [3.8, 4) is 0 Å². The third-order valence-electron chi connectivity index (χ3n) is 7.80. The summed E-state index contributed by atoms with van der Waals surface area (Å²) < 4.78 is 17.9. The second-order valence-electron chi connectivity index (χ2n) is 10.8. The lowest BCUT2D eigenvalue weighted by Crippen LogP contribution is -2.51. The highest BCUT2D eigenvalue weighted by Crippen LogP contribution is 2.44. The first-order chi connectivity index (χ1) is 17.4. The number of urea groups is 1. The van der Waals surface area contributed by atoms with Crippen LogP contribution in [0.4, 0.5) is 9.18 Å². The number of benzene rings is 1. The van der Waals surface area contributed by atoms with Crippen LogP contribution in [0.15, 0.2) is 24.3 Å². The van der Waals surface area contributed by atoms with Gasteiger partial charge in [0.15, 0.2) is 0 Å². The van der Waals surface area contributed by atoms with Gasteiger partial charge in [-0.2, -0.15) is 0 Å². The lowest BCUT2D eigenvalue weighted by molar-refractivity contribution is -0.150. The van der Waals surface area contributed by atoms with E-state index in [9.17, 15) is 14.0 Å². The molecule has 0 aliphatic carbocycles. The number of esters is 1. The zero-order chi connectivity index (χ0) is 26.0. The van der Waals surface area contributed by atoms with Gasteiger partial charge in [-0.15, -0.1) is 0 Å². The second kappa shape index (κ2) is 14.0. The number of nitrogens with zero attached hydrogens (tertiary/aromatic N) is 3. The van der Waals surface area contributed by atoms with Gasteiger partial charge in [0.25, 0.3) is 0 Å². The zero-order valence-corrected chi connectivity index (χ0v) is 22.6. The molecule has 4 rings (SSSR count). The van der Waals surface area contributed by atoms with Crippen molar-refractivity contribution in [3.05, 3.63) is 35.6 Å². The quantitative estimate of drug-likeness (QED) is 0.452. The number of hydrogen-bond acceptors (Lipinski definition) is 4. The van der Waals surface area contributed by atoms with Crippen molar-refractivity contribution >= 4 is 12.0 Å². The fourth-order valence-electron chi connectivity index (χ4n) is 5.65. The van der Waals surface area contributed by atoms with E-state index in [0.29, 0.717) is 13.1 Å². The maximum atomic E-state index is 12.7. The normalized spacial score (nSPS) is 21.4. The Balaban J connectivity index is 0.000000383. The number of aryl methyl sites for hydroxylation is 1. The standard InChI is InChI=1S/C22H39N3O3.C7H7F/c1-3-11-23(12-4-2)15-8-19-18-22(20(26)28-19)9-16-25(17-10-22)21(27)24-13-6-5-7-14-24;1-6-2-4-7(8)5-3-6/h19H,3-18H2,1-2H3;2-5H,1H3. The number of ether oxygens (including phenoxy) is 1. The molecular formula is C29H46FN3O3. The molecule has 36 heavy (non-hydrogen) atoms. The van der Waals surface area contributed by atoms with Crippen molar-refractivity contribution in [2.24, 2.45) is 5.41 Å². The van der Waals surface area contributed by atoms with Crippen LogP contribution in [0.2, 0.25) is 0 Å². The monoisotopic (exact) mass is 503 g/mol. The number of hydrogen-bond donors (Lipinski definition) is 0. The molecule has 3 heterocycles. The smallest absolute Gasteiger partial charge is 0.319 e. The molecule has 6 nitrogen and oxygen atoms in total. The molecule has 2 amide bonds. The summed E-state index contributed by atoms with van der Waals surface area (Å²) in [5.74, 6) is -0.185. The molecule has 3 saturated heterocycles. The zero-order valence-electron chi connectivity index (χ0n) is 22.6. The fraction of sp³-hybridized carbons (Fsp3) is 0.724. The van der Waals surface area contributed by atoms with Crippen LogP contribution in [0, 0.1) is 18.2 Å². The molecule has 3 fully saturated rings. The Morgan fingerprint density at radius 2 is 1.56 bits per heavy atom. The van der Waals surface area contributed by atoms with Crippen LogP contribution in [0.25, 0.3) is 0 Å². The Morgan fingerprint density at radius 3 is 2.11 bits per heavy atom. The Hall–Kier alpha value is -2.15. The van der Waals surface area contributed by atoms with Crippen LogP contribution in [0.3, 0.4) is 0 Å². The molecule has 0 saturated carbocycles. The van der Waals surface area contributed by atoms with Crippen LogP contribution in [0.5, 0.6) is 0 Å². The van der Waals surface area contributed by atoms with Crippen LogP contribution in [0.1, 0.15) is 77.2 Å². The summed E-state index contributed by atoms with van der Waals surface area (Å²) >= 11 is 0. The number of cyclic esters (lactones) is 1. The molecule has 3 aliphatic rings. The average Bonchev–Trinajstić information content (AvgIpc) is 3.20. The number of amides is 2. The predicted molar refractivity (Wildman–Crippen MR) is 141 cm³/mol. The number of halogens is 1. The maximum Gasteiger partial charge on any atom is 0.319 e. The number of carbonyl (C=O) groups excluding carboxylic acids is 2. The minimum absolute atomic E-state index is 0.0138. The van der Waals surface area contributed by atoms with Gasteiger partial charge >= 0.3 is 12.0 Å². The van der Waals surface area contributed by atoms with E-state index in [0.717, 1.165) is 89.7 Å². The topological polar surface area (TPSA) is 53.1 Å². The Kier molecular flexibility index (Phi) is 11.0. The van der Waals surface area contributed by atoms with E-state index in [-0.39, 0.29) is 29.3 Å². The van der Waals surface area contributed by atoms with Crippen LogP contribution in [-0.2, 0) is 9.53 Å². The molecule has 1 atom stereocenters. The third kappa shape index (κ3) is 7.92. The Bertz CT molecular complexity index is 791. The number of rotatable bonds is 7. The molecule has 1 unspecified atom stereocenters. The summed E-state index contributed by atoms with van der Waals surface area (Å²) in [4.78, 5) is 31.9. The van der Waals surface area contributed by atoms with Crippen molar-refractivity contribution in [2.75, 3.05) is 45.8 Å². The lowest BCUT2D eigenvalue weighted by atomic mass is 9.76. The fourth-order valence-corrected chi connectivity index (χ4v) is 5.65. The van der Waals surface area contributed by atoms with Crippen molar-refractivity contribution in [2.45, 2.75) is 84.7 Å². The van der Waals surface area contributed by atoms with Crippen LogP contribution >= 0.6 is 0 Å². The molecule has 1 aromatic rings. The first-order valence-electron chi connectivity index (χ1n) is 14.1. The van der Waals surface area contributed by atoms with Gasteiger partial charge in [-0.3, -0.25) is 4.79 Å². The molecule has 3 aliphatic heterocycles. The van der Waals surface area contributed by atoms with E-state index in [4.69, 9.17) is 4.74 Å². The third-order valence-corrected chi connectivity index (χ3v) is 7.80. The Morgan fingerprint density at radius 1 is 0.972 bits per heavy atom. The highest BCUT2D eigenvalue weighted by Gasteiger charge is 2.50. The van der Waals surface area contributed by atoms with E-state index in [2.05, 4.69) is 18.7 Å².